The molecule has 1 amide bonds. The van der Waals surface area contributed by atoms with Crippen LogP contribution in [0.25, 0.3) is 11.4 Å². The third kappa shape index (κ3) is 4.89. The lowest BCUT2D eigenvalue weighted by molar-refractivity contribution is -0.115. The van der Waals surface area contributed by atoms with Crippen LogP contribution in [0.15, 0.2) is 83.8 Å². The lowest BCUT2D eigenvalue weighted by atomic mass is 10.1. The van der Waals surface area contributed by atoms with Gasteiger partial charge in [-0.05, 0) is 48.7 Å². The largest absolute Gasteiger partial charge is 0.322 e. The normalized spacial score (nSPS) is 14.1. The zero-order chi connectivity index (χ0) is 23.3. The molecule has 0 spiro atoms. The Balaban J connectivity index is 1.43. The number of amides is 1. The van der Waals surface area contributed by atoms with Gasteiger partial charge in [-0.2, -0.15) is 0 Å². The molecule has 5 nitrogen and oxygen atoms in total. The van der Waals surface area contributed by atoms with E-state index in [9.17, 15) is 9.18 Å². The van der Waals surface area contributed by atoms with Crippen molar-refractivity contribution in [3.8, 4) is 11.4 Å². The molecule has 2 heterocycles. The van der Waals surface area contributed by atoms with Crippen LogP contribution in [0.1, 0.15) is 35.9 Å². The van der Waals surface area contributed by atoms with Crippen molar-refractivity contribution in [2.75, 3.05) is 5.32 Å². The van der Waals surface area contributed by atoms with Gasteiger partial charge < -0.3 is 9.88 Å². The molecular formula is C27H25FN4OS. The van der Waals surface area contributed by atoms with E-state index in [1.807, 2.05) is 60.7 Å². The number of aromatic nitrogens is 3. The topological polar surface area (TPSA) is 59.8 Å². The molecule has 0 aliphatic carbocycles. The van der Waals surface area contributed by atoms with Crippen molar-refractivity contribution in [1.29, 1.82) is 0 Å². The van der Waals surface area contributed by atoms with Crippen LogP contribution in [-0.2, 0) is 17.8 Å². The second kappa shape index (κ2) is 10.2. The first kappa shape index (κ1) is 22.3. The Labute approximate surface area is 202 Å². The van der Waals surface area contributed by atoms with Crippen molar-refractivity contribution >= 4 is 23.4 Å². The molecule has 3 aromatic carbocycles. The summed E-state index contributed by atoms with van der Waals surface area (Å²) in [5.74, 6) is 0.914. The zero-order valence-corrected chi connectivity index (χ0v) is 19.5. The van der Waals surface area contributed by atoms with Gasteiger partial charge >= 0.3 is 0 Å². The minimum absolute atomic E-state index is 0.142. The summed E-state index contributed by atoms with van der Waals surface area (Å²) in [4.78, 5) is 14.4. The van der Waals surface area contributed by atoms with Crippen LogP contribution in [-0.4, -0.2) is 20.7 Å². The summed E-state index contributed by atoms with van der Waals surface area (Å²) in [5, 5.41) is 11.0. The SMILES string of the molecule is O=C(Nc1cc(-c2nnc3n2CCCCC3)ccc1F)C(Sc1ccccc1)c1ccccc1. The number of benzene rings is 3. The van der Waals surface area contributed by atoms with Gasteiger partial charge in [-0.25, -0.2) is 4.39 Å². The van der Waals surface area contributed by atoms with Crippen LogP contribution >= 0.6 is 11.8 Å². The molecule has 0 saturated carbocycles. The Kier molecular flexibility index (Phi) is 6.72. The second-order valence-electron chi connectivity index (χ2n) is 8.31. The molecule has 1 N–H and O–H groups in total. The van der Waals surface area contributed by atoms with Gasteiger partial charge in [0.2, 0.25) is 5.91 Å². The summed E-state index contributed by atoms with van der Waals surface area (Å²) in [6.07, 6.45) is 4.22. The van der Waals surface area contributed by atoms with Gasteiger partial charge in [0.05, 0.1) is 5.69 Å². The van der Waals surface area contributed by atoms with Crippen molar-refractivity contribution in [1.82, 2.24) is 14.8 Å². The van der Waals surface area contributed by atoms with Gasteiger partial charge in [0, 0.05) is 23.4 Å². The van der Waals surface area contributed by atoms with E-state index in [0.717, 1.165) is 54.1 Å². The third-order valence-electron chi connectivity index (χ3n) is 5.93. The molecular weight excluding hydrogens is 447 g/mol. The number of anilines is 1. The fourth-order valence-electron chi connectivity index (χ4n) is 4.19. The van der Waals surface area contributed by atoms with Crippen molar-refractivity contribution < 1.29 is 9.18 Å². The number of nitrogens with zero attached hydrogens (tertiary/aromatic N) is 3. The Morgan fingerprint density at radius 1 is 0.941 bits per heavy atom. The van der Waals surface area contributed by atoms with E-state index in [2.05, 4.69) is 20.1 Å². The van der Waals surface area contributed by atoms with Crippen LogP contribution in [0.2, 0.25) is 0 Å². The molecule has 0 radical (unpaired) electrons. The molecule has 1 unspecified atom stereocenters. The standard InChI is InChI=1S/C27H25FN4OS/c28-22-16-15-20(26-31-30-24-14-8-3-9-17-32(24)26)18-23(22)29-27(33)25(19-10-4-1-5-11-19)34-21-12-6-2-7-13-21/h1-2,4-7,10-13,15-16,18,25H,3,8-9,14,17H2,(H,29,33). The van der Waals surface area contributed by atoms with Gasteiger partial charge in [0.15, 0.2) is 5.82 Å². The highest BCUT2D eigenvalue weighted by Gasteiger charge is 2.24. The number of rotatable bonds is 6. The molecule has 172 valence electrons. The first-order valence-corrected chi connectivity index (χ1v) is 12.4. The molecule has 1 aliphatic heterocycles. The first-order valence-electron chi connectivity index (χ1n) is 11.5. The maximum absolute atomic E-state index is 14.8. The minimum Gasteiger partial charge on any atom is -0.322 e. The summed E-state index contributed by atoms with van der Waals surface area (Å²) in [5.41, 5.74) is 1.74. The monoisotopic (exact) mass is 472 g/mol. The van der Waals surface area contributed by atoms with Crippen LogP contribution in [0.4, 0.5) is 10.1 Å². The number of hydrogen-bond acceptors (Lipinski definition) is 4. The van der Waals surface area contributed by atoms with E-state index < -0.39 is 11.1 Å². The van der Waals surface area contributed by atoms with E-state index in [1.54, 1.807) is 12.1 Å². The molecule has 34 heavy (non-hydrogen) atoms. The molecule has 1 aliphatic rings. The fourth-order valence-corrected chi connectivity index (χ4v) is 5.24. The van der Waals surface area contributed by atoms with Crippen LogP contribution in [0.5, 0.6) is 0 Å². The van der Waals surface area contributed by atoms with E-state index in [0.29, 0.717) is 5.82 Å². The summed E-state index contributed by atoms with van der Waals surface area (Å²) in [6, 6.07) is 24.0. The number of carbonyl (C=O) groups is 1. The number of fused-ring (bicyclic) bond motifs is 1. The highest BCUT2D eigenvalue weighted by Crippen LogP contribution is 2.36. The summed E-state index contributed by atoms with van der Waals surface area (Å²) < 4.78 is 16.9. The number of halogens is 1. The number of aryl methyl sites for hydroxylation is 1. The summed E-state index contributed by atoms with van der Waals surface area (Å²) in [6.45, 7) is 0.848. The van der Waals surface area contributed by atoms with Crippen LogP contribution in [0.3, 0.4) is 0 Å². The Bertz CT molecular complexity index is 1280. The van der Waals surface area contributed by atoms with Gasteiger partial charge in [-0.15, -0.1) is 22.0 Å². The highest BCUT2D eigenvalue weighted by molar-refractivity contribution is 8.00. The van der Waals surface area contributed by atoms with E-state index >= 15 is 0 Å². The molecule has 1 aromatic heterocycles. The Hall–Kier alpha value is -3.45. The number of carbonyl (C=O) groups excluding carboxylic acids is 1. The second-order valence-corrected chi connectivity index (χ2v) is 9.49. The molecule has 0 fully saturated rings. The van der Waals surface area contributed by atoms with Gasteiger partial charge in [-0.1, -0.05) is 55.0 Å². The maximum atomic E-state index is 14.8. The van der Waals surface area contributed by atoms with E-state index in [-0.39, 0.29) is 11.6 Å². The van der Waals surface area contributed by atoms with E-state index in [4.69, 9.17) is 0 Å². The average Bonchev–Trinajstić information content (AvgIpc) is 3.13. The van der Waals surface area contributed by atoms with Gasteiger partial charge in [-0.3, -0.25) is 4.79 Å². The third-order valence-corrected chi connectivity index (χ3v) is 7.20. The number of nitrogens with one attached hydrogen (secondary N) is 1. The lowest BCUT2D eigenvalue weighted by Crippen LogP contribution is -2.19. The minimum atomic E-state index is -0.531. The molecule has 1 atom stereocenters. The number of hydrogen-bond donors (Lipinski definition) is 1. The predicted octanol–water partition coefficient (Wildman–Crippen LogP) is 6.28. The Morgan fingerprint density at radius 2 is 1.71 bits per heavy atom. The Morgan fingerprint density at radius 3 is 2.50 bits per heavy atom. The molecule has 5 rings (SSSR count). The van der Waals surface area contributed by atoms with Crippen LogP contribution in [0, 0.1) is 5.82 Å². The predicted molar refractivity (Wildman–Crippen MR) is 133 cm³/mol. The smallest absolute Gasteiger partial charge is 0.242 e. The summed E-state index contributed by atoms with van der Waals surface area (Å²) >= 11 is 1.44. The fraction of sp³-hybridized carbons (Fsp3) is 0.222. The van der Waals surface area contributed by atoms with Gasteiger partial charge in [0.1, 0.15) is 16.9 Å². The highest BCUT2D eigenvalue weighted by atomic mass is 32.2. The first-order chi connectivity index (χ1) is 16.7. The molecule has 4 aromatic rings. The van der Waals surface area contributed by atoms with Crippen LogP contribution < -0.4 is 5.32 Å². The molecule has 0 saturated heterocycles. The summed E-state index contributed by atoms with van der Waals surface area (Å²) in [7, 11) is 0. The van der Waals surface area contributed by atoms with Crippen molar-refractivity contribution in [2.24, 2.45) is 0 Å². The zero-order valence-electron chi connectivity index (χ0n) is 18.7. The number of thioether (sulfide) groups is 1. The van der Waals surface area contributed by atoms with Crippen molar-refractivity contribution in [3.05, 3.63) is 96.1 Å². The molecule has 7 heteroatoms. The quantitative estimate of drug-likeness (QED) is 0.335. The van der Waals surface area contributed by atoms with Crippen molar-refractivity contribution in [3.63, 3.8) is 0 Å². The van der Waals surface area contributed by atoms with Gasteiger partial charge in [0.25, 0.3) is 0 Å². The lowest BCUT2D eigenvalue weighted by Gasteiger charge is -2.18. The molecule has 0 bridgehead atoms. The van der Waals surface area contributed by atoms with E-state index in [1.165, 1.54) is 17.8 Å². The average molecular weight is 473 g/mol. The maximum Gasteiger partial charge on any atom is 0.242 e. The van der Waals surface area contributed by atoms with Crippen molar-refractivity contribution in [2.45, 2.75) is 42.4 Å².